The first-order valence-electron chi connectivity index (χ1n) is 9.66. The van der Waals surface area contributed by atoms with Crippen LogP contribution in [0.4, 0.5) is 5.69 Å². The predicted molar refractivity (Wildman–Crippen MR) is 134 cm³/mol. The Kier molecular flexibility index (Phi) is 5.26. The van der Waals surface area contributed by atoms with Crippen LogP contribution in [-0.4, -0.2) is 11.7 Å². The third-order valence-electron chi connectivity index (χ3n) is 5.05. The van der Waals surface area contributed by atoms with Crippen LogP contribution in [0, 0.1) is 6.92 Å². The van der Waals surface area contributed by atoms with E-state index in [4.69, 9.17) is 16.6 Å². The molecule has 0 bridgehead atoms. The Hall–Kier alpha value is -2.73. The monoisotopic (exact) mass is 506 g/mol. The maximum Gasteiger partial charge on any atom is 0.282 e. The number of amides is 1. The van der Waals surface area contributed by atoms with Crippen LogP contribution in [0.1, 0.15) is 16.0 Å². The molecule has 31 heavy (non-hydrogen) atoms. The van der Waals surface area contributed by atoms with Gasteiger partial charge in [-0.05, 0) is 42.8 Å². The second-order valence-corrected chi connectivity index (χ2v) is 9.58. The Morgan fingerprint density at radius 3 is 2.55 bits per heavy atom. The summed E-state index contributed by atoms with van der Waals surface area (Å²) in [5.41, 5.74) is 3.21. The number of carbonyl (C=O) groups excluding carboxylic acids is 1. The quantitative estimate of drug-likeness (QED) is 0.265. The van der Waals surface area contributed by atoms with Gasteiger partial charge in [-0.2, -0.15) is 0 Å². The molecule has 4 aromatic rings. The molecule has 5 rings (SSSR count). The topological polar surface area (TPSA) is 32.7 Å². The van der Waals surface area contributed by atoms with Crippen LogP contribution < -0.4 is 4.90 Å². The molecule has 0 unspecified atom stereocenters. The Morgan fingerprint density at radius 1 is 1.03 bits per heavy atom. The predicted octanol–water partition coefficient (Wildman–Crippen LogP) is 7.46. The first kappa shape index (κ1) is 20.2. The summed E-state index contributed by atoms with van der Waals surface area (Å²) in [5.74, 6) is 0.370. The lowest BCUT2D eigenvalue weighted by Gasteiger charge is -2.18. The molecule has 0 saturated carbocycles. The van der Waals surface area contributed by atoms with Crippen LogP contribution in [-0.2, 0) is 4.79 Å². The number of fused-ring (bicyclic) bond motifs is 1. The molecule has 2 heterocycles. The number of aryl methyl sites for hydroxylation is 1. The van der Waals surface area contributed by atoms with Gasteiger partial charge in [0.15, 0.2) is 5.84 Å². The van der Waals surface area contributed by atoms with Gasteiger partial charge in [0, 0.05) is 14.6 Å². The molecule has 0 fully saturated rings. The standard InChI is InChI=1S/C25H16BrClN2OS/c1-15-9-11-16(12-10-15)13-20-25(30)29(18-6-4-5-17(26)14-18)24(28-20)23-22(27)19-7-2-3-8-21(19)31-23/h2-14H,1H3/b20-13+. The highest BCUT2D eigenvalue weighted by atomic mass is 79.9. The minimum Gasteiger partial charge on any atom is -0.266 e. The van der Waals surface area contributed by atoms with Crippen LogP contribution in [0.3, 0.4) is 0 Å². The first-order valence-corrected chi connectivity index (χ1v) is 11.6. The number of amidine groups is 1. The van der Waals surface area contributed by atoms with Gasteiger partial charge in [-0.25, -0.2) is 4.99 Å². The van der Waals surface area contributed by atoms with E-state index in [2.05, 4.69) is 15.9 Å². The highest BCUT2D eigenvalue weighted by Gasteiger charge is 2.35. The van der Waals surface area contributed by atoms with Gasteiger partial charge in [-0.15, -0.1) is 11.3 Å². The third-order valence-corrected chi connectivity index (χ3v) is 7.21. The average molecular weight is 508 g/mol. The van der Waals surface area contributed by atoms with Gasteiger partial charge in [0.05, 0.1) is 15.6 Å². The van der Waals surface area contributed by atoms with Gasteiger partial charge in [-0.1, -0.05) is 81.6 Å². The van der Waals surface area contributed by atoms with E-state index in [-0.39, 0.29) is 5.91 Å². The fourth-order valence-electron chi connectivity index (χ4n) is 3.50. The van der Waals surface area contributed by atoms with Crippen molar-refractivity contribution in [1.82, 2.24) is 0 Å². The van der Waals surface area contributed by atoms with Gasteiger partial charge in [0.2, 0.25) is 0 Å². The largest absolute Gasteiger partial charge is 0.282 e. The summed E-state index contributed by atoms with van der Waals surface area (Å²) in [4.78, 5) is 20.7. The SMILES string of the molecule is Cc1ccc(/C=C2/N=C(c3sc4ccccc4c3Cl)N(c3cccc(Br)c3)C2=O)cc1. The molecule has 0 spiro atoms. The van der Waals surface area contributed by atoms with E-state index in [1.165, 1.54) is 0 Å². The molecular weight excluding hydrogens is 492 g/mol. The molecule has 1 aromatic heterocycles. The van der Waals surface area contributed by atoms with Crippen molar-refractivity contribution in [2.75, 3.05) is 4.90 Å². The zero-order chi connectivity index (χ0) is 21.5. The summed E-state index contributed by atoms with van der Waals surface area (Å²) >= 11 is 11.8. The Labute approximate surface area is 197 Å². The second kappa shape index (κ2) is 8.08. The van der Waals surface area contributed by atoms with Crippen molar-refractivity contribution < 1.29 is 4.79 Å². The molecule has 3 nitrogen and oxygen atoms in total. The smallest absolute Gasteiger partial charge is 0.266 e. The van der Waals surface area contributed by atoms with Crippen molar-refractivity contribution in [3.05, 3.63) is 104 Å². The third kappa shape index (κ3) is 3.74. The lowest BCUT2D eigenvalue weighted by molar-refractivity contribution is -0.113. The molecule has 0 N–H and O–H groups in total. The molecule has 0 aliphatic carbocycles. The Morgan fingerprint density at radius 2 is 1.81 bits per heavy atom. The average Bonchev–Trinajstić information content (AvgIpc) is 3.27. The summed E-state index contributed by atoms with van der Waals surface area (Å²) in [5, 5.41) is 1.58. The highest BCUT2D eigenvalue weighted by molar-refractivity contribution is 9.10. The maximum atomic E-state index is 13.5. The zero-order valence-corrected chi connectivity index (χ0v) is 19.6. The van der Waals surface area contributed by atoms with Crippen molar-refractivity contribution >= 4 is 72.5 Å². The van der Waals surface area contributed by atoms with E-state index >= 15 is 0 Å². The molecule has 0 radical (unpaired) electrons. The van der Waals surface area contributed by atoms with Crippen molar-refractivity contribution in [1.29, 1.82) is 0 Å². The normalized spacial score (nSPS) is 15.2. The molecule has 1 aliphatic heterocycles. The van der Waals surface area contributed by atoms with E-state index in [0.717, 1.165) is 36.3 Å². The molecular formula is C25H16BrClN2OS. The van der Waals surface area contributed by atoms with E-state index in [1.807, 2.05) is 85.8 Å². The van der Waals surface area contributed by atoms with E-state index in [0.29, 0.717) is 16.6 Å². The molecule has 1 amide bonds. The van der Waals surface area contributed by atoms with Crippen LogP contribution >= 0.6 is 38.9 Å². The first-order chi connectivity index (χ1) is 15.0. The van der Waals surface area contributed by atoms with Crippen molar-refractivity contribution in [2.24, 2.45) is 4.99 Å². The van der Waals surface area contributed by atoms with Gasteiger partial charge < -0.3 is 0 Å². The summed E-state index contributed by atoms with van der Waals surface area (Å²) in [7, 11) is 0. The lowest BCUT2D eigenvalue weighted by Crippen LogP contribution is -2.32. The molecule has 6 heteroatoms. The lowest BCUT2D eigenvalue weighted by atomic mass is 10.1. The summed E-state index contributed by atoms with van der Waals surface area (Å²) < 4.78 is 1.94. The molecule has 0 atom stereocenters. The maximum absolute atomic E-state index is 13.5. The van der Waals surface area contributed by atoms with Gasteiger partial charge in [-0.3, -0.25) is 9.69 Å². The minimum absolute atomic E-state index is 0.179. The van der Waals surface area contributed by atoms with Crippen molar-refractivity contribution in [3.63, 3.8) is 0 Å². The number of carbonyl (C=O) groups is 1. The number of anilines is 1. The number of nitrogens with zero attached hydrogens (tertiary/aromatic N) is 2. The van der Waals surface area contributed by atoms with Gasteiger partial charge in [0.25, 0.3) is 5.91 Å². The number of benzene rings is 3. The van der Waals surface area contributed by atoms with Crippen LogP contribution in [0.5, 0.6) is 0 Å². The van der Waals surface area contributed by atoms with Gasteiger partial charge in [0.1, 0.15) is 5.70 Å². The fraction of sp³-hybridized carbons (Fsp3) is 0.0400. The number of hydrogen-bond donors (Lipinski definition) is 0. The second-order valence-electron chi connectivity index (χ2n) is 7.24. The minimum atomic E-state index is -0.179. The van der Waals surface area contributed by atoms with E-state index in [1.54, 1.807) is 16.2 Å². The number of aliphatic imine (C=N–C) groups is 1. The Bertz CT molecular complexity index is 1390. The molecule has 3 aromatic carbocycles. The number of thiophene rings is 1. The van der Waals surface area contributed by atoms with Crippen LogP contribution in [0.2, 0.25) is 5.02 Å². The van der Waals surface area contributed by atoms with Gasteiger partial charge >= 0.3 is 0 Å². The zero-order valence-electron chi connectivity index (χ0n) is 16.5. The van der Waals surface area contributed by atoms with E-state index < -0.39 is 0 Å². The van der Waals surface area contributed by atoms with Crippen molar-refractivity contribution in [3.8, 4) is 0 Å². The fourth-order valence-corrected chi connectivity index (χ4v) is 5.38. The summed E-state index contributed by atoms with van der Waals surface area (Å²) in [6, 6.07) is 23.6. The number of halogens is 2. The molecule has 0 saturated heterocycles. The highest BCUT2D eigenvalue weighted by Crippen LogP contribution is 2.39. The summed E-state index contributed by atoms with van der Waals surface area (Å²) in [6.07, 6.45) is 1.82. The Balaban J connectivity index is 1.69. The van der Waals surface area contributed by atoms with Crippen LogP contribution in [0.15, 0.2) is 88.0 Å². The molecule has 152 valence electrons. The molecule has 1 aliphatic rings. The van der Waals surface area contributed by atoms with E-state index in [9.17, 15) is 4.79 Å². The van der Waals surface area contributed by atoms with Crippen LogP contribution in [0.25, 0.3) is 16.2 Å². The van der Waals surface area contributed by atoms with Crippen molar-refractivity contribution in [2.45, 2.75) is 6.92 Å². The number of rotatable bonds is 3. The summed E-state index contributed by atoms with van der Waals surface area (Å²) in [6.45, 7) is 2.03. The number of hydrogen-bond acceptors (Lipinski definition) is 3.